The fourth-order valence-corrected chi connectivity index (χ4v) is 2.46. The van der Waals surface area contributed by atoms with Crippen molar-refractivity contribution in [1.29, 1.82) is 0 Å². The molecule has 1 aliphatic heterocycles. The van der Waals surface area contributed by atoms with Crippen LogP contribution in [-0.4, -0.2) is 29.1 Å². The van der Waals surface area contributed by atoms with Crippen molar-refractivity contribution in [2.24, 2.45) is 0 Å². The predicted octanol–water partition coefficient (Wildman–Crippen LogP) is 2.12. The molecule has 1 fully saturated rings. The Morgan fingerprint density at radius 3 is 2.73 bits per heavy atom. The second-order valence-electron chi connectivity index (χ2n) is 3.17. The number of hydrogen-bond donors (Lipinski definition) is 1. The van der Waals surface area contributed by atoms with E-state index in [0.29, 0.717) is 0 Å². The molecule has 0 aliphatic carbocycles. The number of rotatable bonds is 1. The molecule has 0 amide bonds. The molecule has 1 aliphatic rings. The number of alkyl halides is 3. The van der Waals surface area contributed by atoms with Crippen molar-refractivity contribution >= 4 is 51.5 Å². The third-order valence-corrected chi connectivity index (χ3v) is 3.31. The normalized spacial score (nSPS) is 18.2. The topological polar surface area (TPSA) is 41.1 Å². The van der Waals surface area contributed by atoms with Gasteiger partial charge >= 0.3 is 0 Å². The van der Waals surface area contributed by atoms with E-state index in [0.717, 1.165) is 31.3 Å². The Kier molecular flexibility index (Phi) is 3.57. The standard InChI is InChI=1S/C7H9Cl3N4S/c8-7(9,10)5-12-6(15-13-5)14-3-1-2-11-4-14/h11H,1-4H2. The molecule has 1 aromatic rings. The summed E-state index contributed by atoms with van der Waals surface area (Å²) >= 11 is 18.3. The first-order valence-corrected chi connectivity index (χ1v) is 6.34. The van der Waals surface area contributed by atoms with Gasteiger partial charge in [-0.3, -0.25) is 5.32 Å². The van der Waals surface area contributed by atoms with Gasteiger partial charge in [0, 0.05) is 18.1 Å². The maximum atomic E-state index is 5.69. The first kappa shape index (κ1) is 11.7. The van der Waals surface area contributed by atoms with E-state index < -0.39 is 3.79 Å². The van der Waals surface area contributed by atoms with E-state index in [2.05, 4.69) is 19.6 Å². The fourth-order valence-electron chi connectivity index (χ4n) is 1.31. The van der Waals surface area contributed by atoms with E-state index in [1.807, 2.05) is 0 Å². The Hall–Kier alpha value is 0.190. The molecular formula is C7H9Cl3N4S. The fraction of sp³-hybridized carbons (Fsp3) is 0.714. The number of anilines is 1. The summed E-state index contributed by atoms with van der Waals surface area (Å²) in [4.78, 5) is 6.29. The van der Waals surface area contributed by atoms with Crippen LogP contribution < -0.4 is 10.2 Å². The van der Waals surface area contributed by atoms with Gasteiger partial charge in [0.2, 0.25) is 5.13 Å². The summed E-state index contributed by atoms with van der Waals surface area (Å²) in [6, 6.07) is 0. The second kappa shape index (κ2) is 4.59. The van der Waals surface area contributed by atoms with E-state index in [4.69, 9.17) is 34.8 Å². The minimum atomic E-state index is -1.53. The molecule has 1 saturated heterocycles. The van der Waals surface area contributed by atoms with Crippen molar-refractivity contribution in [3.63, 3.8) is 0 Å². The summed E-state index contributed by atoms with van der Waals surface area (Å²) < 4.78 is 2.50. The zero-order valence-corrected chi connectivity index (χ0v) is 10.8. The lowest BCUT2D eigenvalue weighted by molar-refractivity contribution is 0.551. The Labute approximate surface area is 107 Å². The second-order valence-corrected chi connectivity index (χ2v) is 6.18. The van der Waals surface area contributed by atoms with Gasteiger partial charge in [-0.1, -0.05) is 34.8 Å². The van der Waals surface area contributed by atoms with Crippen molar-refractivity contribution in [2.45, 2.75) is 10.2 Å². The maximum Gasteiger partial charge on any atom is 0.251 e. The highest BCUT2D eigenvalue weighted by Crippen LogP contribution is 2.37. The molecule has 15 heavy (non-hydrogen) atoms. The van der Waals surface area contributed by atoms with Gasteiger partial charge in [0.1, 0.15) is 0 Å². The monoisotopic (exact) mass is 286 g/mol. The first-order chi connectivity index (χ1) is 7.07. The van der Waals surface area contributed by atoms with Crippen molar-refractivity contribution in [2.75, 3.05) is 24.7 Å². The lowest BCUT2D eigenvalue weighted by Crippen LogP contribution is -2.41. The van der Waals surface area contributed by atoms with Gasteiger partial charge in [-0.05, 0) is 13.0 Å². The molecule has 0 spiro atoms. The zero-order valence-electron chi connectivity index (χ0n) is 7.71. The molecule has 4 nitrogen and oxygen atoms in total. The molecule has 0 saturated carbocycles. The third kappa shape index (κ3) is 2.85. The van der Waals surface area contributed by atoms with Gasteiger partial charge in [0.05, 0.1) is 6.67 Å². The molecule has 84 valence electrons. The van der Waals surface area contributed by atoms with Crippen LogP contribution >= 0.6 is 46.3 Å². The van der Waals surface area contributed by atoms with Gasteiger partial charge in [-0.15, -0.1) is 0 Å². The van der Waals surface area contributed by atoms with Crippen LogP contribution in [0.5, 0.6) is 0 Å². The van der Waals surface area contributed by atoms with E-state index >= 15 is 0 Å². The smallest absolute Gasteiger partial charge is 0.251 e. The minimum absolute atomic E-state index is 0.248. The average molecular weight is 288 g/mol. The highest BCUT2D eigenvalue weighted by atomic mass is 35.6. The Morgan fingerprint density at radius 2 is 2.20 bits per heavy atom. The number of nitrogens with zero attached hydrogens (tertiary/aromatic N) is 3. The lowest BCUT2D eigenvalue weighted by atomic mass is 10.3. The van der Waals surface area contributed by atoms with Crippen LogP contribution in [0.15, 0.2) is 0 Å². The SMILES string of the molecule is ClC(Cl)(Cl)c1nsc(N2CCCNC2)n1. The van der Waals surface area contributed by atoms with Crippen LogP contribution in [0.25, 0.3) is 0 Å². The van der Waals surface area contributed by atoms with Crippen molar-refractivity contribution in [1.82, 2.24) is 14.7 Å². The van der Waals surface area contributed by atoms with Gasteiger partial charge in [0.15, 0.2) is 5.82 Å². The molecule has 8 heteroatoms. The molecule has 0 bridgehead atoms. The molecule has 1 N–H and O–H groups in total. The summed E-state index contributed by atoms with van der Waals surface area (Å²) in [6.07, 6.45) is 1.09. The van der Waals surface area contributed by atoms with Crippen molar-refractivity contribution in [3.05, 3.63) is 5.82 Å². The maximum absolute atomic E-state index is 5.69. The number of halogens is 3. The molecule has 0 aromatic carbocycles. The van der Waals surface area contributed by atoms with Crippen LogP contribution in [0.2, 0.25) is 0 Å². The van der Waals surface area contributed by atoms with E-state index in [9.17, 15) is 0 Å². The van der Waals surface area contributed by atoms with E-state index in [1.165, 1.54) is 11.5 Å². The Bertz CT molecular complexity index is 331. The highest BCUT2D eigenvalue weighted by Gasteiger charge is 2.29. The van der Waals surface area contributed by atoms with Crippen LogP contribution in [0.4, 0.5) is 5.13 Å². The van der Waals surface area contributed by atoms with Crippen molar-refractivity contribution in [3.8, 4) is 0 Å². The van der Waals surface area contributed by atoms with Gasteiger partial charge in [-0.2, -0.15) is 9.36 Å². The van der Waals surface area contributed by atoms with Crippen LogP contribution in [0.1, 0.15) is 12.2 Å². The summed E-state index contributed by atoms with van der Waals surface area (Å²) in [5.41, 5.74) is 0. The summed E-state index contributed by atoms with van der Waals surface area (Å²) in [5, 5.41) is 4.04. The summed E-state index contributed by atoms with van der Waals surface area (Å²) in [6.45, 7) is 2.77. The van der Waals surface area contributed by atoms with E-state index in [1.54, 1.807) is 0 Å². The predicted molar refractivity (Wildman–Crippen MR) is 64.0 cm³/mol. The van der Waals surface area contributed by atoms with E-state index in [-0.39, 0.29) is 5.82 Å². The van der Waals surface area contributed by atoms with Crippen molar-refractivity contribution < 1.29 is 0 Å². The number of aromatic nitrogens is 2. The Morgan fingerprint density at radius 1 is 1.40 bits per heavy atom. The molecule has 0 radical (unpaired) electrons. The zero-order chi connectivity index (χ0) is 10.9. The molecular weight excluding hydrogens is 279 g/mol. The summed E-state index contributed by atoms with van der Waals surface area (Å²) in [5.74, 6) is 0.248. The average Bonchev–Trinajstić information content (AvgIpc) is 2.67. The van der Waals surface area contributed by atoms with Gasteiger partial charge in [-0.25, -0.2) is 0 Å². The highest BCUT2D eigenvalue weighted by molar-refractivity contribution is 7.09. The lowest BCUT2D eigenvalue weighted by Gasteiger charge is -2.26. The number of hydrogen-bond acceptors (Lipinski definition) is 5. The summed E-state index contributed by atoms with van der Waals surface area (Å²) in [7, 11) is 0. The molecule has 1 aromatic heterocycles. The number of nitrogens with one attached hydrogen (secondary N) is 1. The third-order valence-electron chi connectivity index (χ3n) is 2.02. The molecule has 0 unspecified atom stereocenters. The first-order valence-electron chi connectivity index (χ1n) is 4.44. The van der Waals surface area contributed by atoms with Gasteiger partial charge in [0.25, 0.3) is 3.79 Å². The molecule has 0 atom stereocenters. The van der Waals surface area contributed by atoms with Crippen LogP contribution in [-0.2, 0) is 3.79 Å². The van der Waals surface area contributed by atoms with Gasteiger partial charge < -0.3 is 4.90 Å². The largest absolute Gasteiger partial charge is 0.334 e. The Balaban J connectivity index is 2.12. The minimum Gasteiger partial charge on any atom is -0.334 e. The van der Waals surface area contributed by atoms with Crippen LogP contribution in [0, 0.1) is 0 Å². The molecule has 2 rings (SSSR count). The molecule has 2 heterocycles. The van der Waals surface area contributed by atoms with Crippen LogP contribution in [0.3, 0.4) is 0 Å². The quantitative estimate of drug-likeness (QED) is 0.803.